The van der Waals surface area contributed by atoms with Crippen LogP contribution in [0, 0.1) is 0 Å². The Kier molecular flexibility index (Phi) is 6.62. The van der Waals surface area contributed by atoms with Crippen molar-refractivity contribution in [1.29, 1.82) is 0 Å². The van der Waals surface area contributed by atoms with E-state index in [2.05, 4.69) is 21.4 Å². The van der Waals surface area contributed by atoms with E-state index in [1.807, 2.05) is 0 Å². The third-order valence-electron chi connectivity index (χ3n) is 1.46. The number of amides is 1. The van der Waals surface area contributed by atoms with E-state index in [1.54, 1.807) is 34.6 Å². The van der Waals surface area contributed by atoms with Gasteiger partial charge in [-0.3, -0.25) is 9.63 Å². The van der Waals surface area contributed by atoms with Gasteiger partial charge in [-0.25, -0.2) is 4.79 Å². The molecule has 0 radical (unpaired) electrons. The summed E-state index contributed by atoms with van der Waals surface area (Å²) >= 11 is 3.16. The lowest BCUT2D eigenvalue weighted by Gasteiger charge is -2.19. The van der Waals surface area contributed by atoms with Crippen molar-refractivity contribution in [3.05, 3.63) is 0 Å². The monoisotopic (exact) mass is 325 g/mol. The number of carbonyl (C=O) groups excluding carboxylic acids is 2. The third kappa shape index (κ3) is 9.23. The molecule has 0 spiro atoms. The first kappa shape index (κ1) is 17.2. The van der Waals surface area contributed by atoms with E-state index in [9.17, 15) is 9.59 Å². The Labute approximate surface area is 115 Å². The molecule has 18 heavy (non-hydrogen) atoms. The normalized spacial score (nSPS) is 11.9. The van der Waals surface area contributed by atoms with Crippen molar-refractivity contribution in [3.63, 3.8) is 0 Å². The average Bonchev–Trinajstić information content (AvgIpc) is 2.12. The van der Waals surface area contributed by atoms with Gasteiger partial charge in [0.1, 0.15) is 23.1 Å². The van der Waals surface area contributed by atoms with Crippen molar-refractivity contribution in [2.45, 2.75) is 44.5 Å². The van der Waals surface area contributed by atoms with Gasteiger partial charge in [-0.05, 0) is 34.6 Å². The van der Waals surface area contributed by atoms with Crippen LogP contribution in [0.4, 0.5) is 4.79 Å². The first-order chi connectivity index (χ1) is 8.02. The third-order valence-corrected chi connectivity index (χ3v) is 1.78. The molecule has 0 atom stereocenters. The molecule has 0 fully saturated rings. The molecule has 7 heteroatoms. The number of hydrogen-bond donors (Lipinski definition) is 1. The minimum atomic E-state index is -0.731. The Morgan fingerprint density at radius 2 is 1.67 bits per heavy atom. The number of alkyl halides is 1. The summed E-state index contributed by atoms with van der Waals surface area (Å²) in [5.41, 5.74) is 1.50. The molecule has 0 aliphatic carbocycles. The first-order valence-electron chi connectivity index (χ1n) is 5.49. The summed E-state index contributed by atoms with van der Waals surface area (Å²) in [5.74, 6) is -0.400. The number of nitrogens with one attached hydrogen (secondary N) is 1. The van der Waals surface area contributed by atoms with Crippen molar-refractivity contribution >= 4 is 28.0 Å². The molecule has 0 saturated carbocycles. The van der Waals surface area contributed by atoms with Crippen LogP contribution in [-0.4, -0.2) is 35.2 Å². The number of hydrogen-bond acceptors (Lipinski definition) is 5. The molecule has 0 saturated heterocycles. The topological polar surface area (TPSA) is 73.9 Å². The van der Waals surface area contributed by atoms with Crippen LogP contribution in [0.1, 0.15) is 34.6 Å². The van der Waals surface area contributed by atoms with Gasteiger partial charge in [0.15, 0.2) is 0 Å². The molecule has 0 aromatic rings. The van der Waals surface area contributed by atoms with Crippen LogP contribution < -0.4 is 5.48 Å². The fraction of sp³-hybridized carbons (Fsp3) is 0.818. The lowest BCUT2D eigenvalue weighted by Crippen LogP contribution is -2.34. The molecule has 106 valence electrons. The van der Waals surface area contributed by atoms with Crippen molar-refractivity contribution in [1.82, 2.24) is 5.48 Å². The second kappa shape index (κ2) is 6.94. The molecular formula is C11H20BrNO5. The SMILES string of the molecule is CC(C)(C)OC(=O)NOCCOC(=O)C(C)(C)Br. The average molecular weight is 326 g/mol. The highest BCUT2D eigenvalue weighted by atomic mass is 79.9. The fourth-order valence-electron chi connectivity index (χ4n) is 0.757. The molecular weight excluding hydrogens is 306 g/mol. The highest BCUT2D eigenvalue weighted by Crippen LogP contribution is 2.17. The molecule has 0 aromatic carbocycles. The minimum absolute atomic E-state index is 0.0453. The predicted molar refractivity (Wildman–Crippen MR) is 69.3 cm³/mol. The van der Waals surface area contributed by atoms with Gasteiger partial charge in [0.25, 0.3) is 0 Å². The van der Waals surface area contributed by atoms with Crippen molar-refractivity contribution in [2.75, 3.05) is 13.2 Å². The second-order valence-corrected chi connectivity index (χ2v) is 7.04. The molecule has 0 rings (SSSR count). The van der Waals surface area contributed by atoms with Gasteiger partial charge < -0.3 is 9.47 Å². The lowest BCUT2D eigenvalue weighted by atomic mass is 10.2. The van der Waals surface area contributed by atoms with Gasteiger partial charge in [-0.2, -0.15) is 5.48 Å². The molecule has 0 heterocycles. The molecule has 0 aliphatic rings. The largest absolute Gasteiger partial charge is 0.462 e. The van der Waals surface area contributed by atoms with Gasteiger partial charge in [-0.15, -0.1) is 0 Å². The van der Waals surface area contributed by atoms with Crippen molar-refractivity contribution < 1.29 is 23.9 Å². The molecule has 1 N–H and O–H groups in total. The quantitative estimate of drug-likeness (QED) is 0.363. The highest BCUT2D eigenvalue weighted by Gasteiger charge is 2.25. The van der Waals surface area contributed by atoms with Gasteiger partial charge in [-0.1, -0.05) is 15.9 Å². The van der Waals surface area contributed by atoms with Gasteiger partial charge in [0.05, 0.1) is 0 Å². The fourth-order valence-corrected chi connectivity index (χ4v) is 0.871. The Hall–Kier alpha value is -0.820. The van der Waals surface area contributed by atoms with Gasteiger partial charge in [0.2, 0.25) is 0 Å². The van der Waals surface area contributed by atoms with Crippen LogP contribution in [0.15, 0.2) is 0 Å². The van der Waals surface area contributed by atoms with E-state index >= 15 is 0 Å². The predicted octanol–water partition coefficient (Wildman–Crippen LogP) is 2.16. The molecule has 0 unspecified atom stereocenters. The Morgan fingerprint density at radius 1 is 1.11 bits per heavy atom. The number of esters is 1. The maximum Gasteiger partial charge on any atom is 0.431 e. The standard InChI is InChI=1S/C11H20BrNO5/c1-10(2,3)18-9(15)13-17-7-6-16-8(14)11(4,5)12/h6-7H2,1-5H3,(H,13,15). The molecule has 0 aliphatic heterocycles. The smallest absolute Gasteiger partial charge is 0.431 e. The number of carbonyl (C=O) groups is 2. The maximum absolute atomic E-state index is 11.3. The Balaban J connectivity index is 3.64. The number of halogens is 1. The summed E-state index contributed by atoms with van der Waals surface area (Å²) in [6.45, 7) is 8.67. The van der Waals surface area contributed by atoms with Crippen LogP contribution in [0.5, 0.6) is 0 Å². The van der Waals surface area contributed by atoms with E-state index < -0.39 is 22.0 Å². The maximum atomic E-state index is 11.3. The van der Waals surface area contributed by atoms with Gasteiger partial charge >= 0.3 is 12.1 Å². The van der Waals surface area contributed by atoms with Crippen LogP contribution in [0.25, 0.3) is 0 Å². The number of rotatable bonds is 5. The zero-order valence-corrected chi connectivity index (χ0v) is 12.9. The molecule has 0 aromatic heterocycles. The van der Waals surface area contributed by atoms with Crippen LogP contribution in [-0.2, 0) is 19.1 Å². The summed E-state index contributed by atoms with van der Waals surface area (Å²) in [6.07, 6.45) is -0.686. The first-order valence-corrected chi connectivity index (χ1v) is 6.28. The van der Waals surface area contributed by atoms with E-state index in [0.717, 1.165) is 0 Å². The zero-order valence-electron chi connectivity index (χ0n) is 11.3. The summed E-state index contributed by atoms with van der Waals surface area (Å²) in [6, 6.07) is 0. The van der Waals surface area contributed by atoms with Crippen molar-refractivity contribution in [3.8, 4) is 0 Å². The molecule has 1 amide bonds. The lowest BCUT2D eigenvalue weighted by molar-refractivity contribution is -0.147. The molecule has 6 nitrogen and oxygen atoms in total. The van der Waals surface area contributed by atoms with Crippen LogP contribution in [0.3, 0.4) is 0 Å². The summed E-state index contributed by atoms with van der Waals surface area (Å²) in [4.78, 5) is 27.2. The van der Waals surface area contributed by atoms with E-state index in [0.29, 0.717) is 0 Å². The van der Waals surface area contributed by atoms with E-state index in [-0.39, 0.29) is 13.2 Å². The summed E-state index contributed by atoms with van der Waals surface area (Å²) < 4.78 is 9.09. The van der Waals surface area contributed by atoms with Crippen molar-refractivity contribution in [2.24, 2.45) is 0 Å². The van der Waals surface area contributed by atoms with Crippen LogP contribution in [0.2, 0.25) is 0 Å². The number of hydroxylamine groups is 1. The Morgan fingerprint density at radius 3 is 2.11 bits per heavy atom. The summed E-state index contributed by atoms with van der Waals surface area (Å²) in [7, 11) is 0. The van der Waals surface area contributed by atoms with E-state index in [4.69, 9.17) is 14.3 Å². The summed E-state index contributed by atoms with van der Waals surface area (Å²) in [5, 5.41) is 0. The van der Waals surface area contributed by atoms with E-state index in [1.165, 1.54) is 0 Å². The second-order valence-electron chi connectivity index (χ2n) is 5.06. The molecule has 0 bridgehead atoms. The minimum Gasteiger partial charge on any atom is -0.462 e. The van der Waals surface area contributed by atoms with Gasteiger partial charge in [0, 0.05) is 0 Å². The Bertz CT molecular complexity index is 293. The highest BCUT2D eigenvalue weighted by molar-refractivity contribution is 9.10. The zero-order chi connectivity index (χ0) is 14.4. The number of ether oxygens (including phenoxy) is 2. The van der Waals surface area contributed by atoms with Crippen LogP contribution >= 0.6 is 15.9 Å².